The number of rotatable bonds is 2. The highest BCUT2D eigenvalue weighted by atomic mass is 32.2. The molecule has 1 spiro atoms. The van der Waals surface area contributed by atoms with Gasteiger partial charge in [-0.15, -0.1) is 0 Å². The van der Waals surface area contributed by atoms with Gasteiger partial charge in [0.25, 0.3) is 0 Å². The van der Waals surface area contributed by atoms with E-state index >= 15 is 0 Å². The lowest BCUT2D eigenvalue weighted by Gasteiger charge is -2.54. The van der Waals surface area contributed by atoms with E-state index in [4.69, 9.17) is 4.74 Å². The van der Waals surface area contributed by atoms with Crippen molar-refractivity contribution in [3.8, 4) is 0 Å². The minimum absolute atomic E-state index is 0.182. The van der Waals surface area contributed by atoms with Gasteiger partial charge >= 0.3 is 0 Å². The highest BCUT2D eigenvalue weighted by molar-refractivity contribution is 7.99. The number of hydrogen-bond acceptors (Lipinski definition) is 4. The van der Waals surface area contributed by atoms with Crippen molar-refractivity contribution in [2.24, 2.45) is 5.92 Å². The van der Waals surface area contributed by atoms with Crippen LogP contribution in [0.1, 0.15) is 38.5 Å². The Labute approximate surface area is 120 Å². The number of ether oxygens (including phenoxy) is 1. The number of likely N-dealkylation sites (tertiary alicyclic amines) is 1. The first-order chi connectivity index (χ1) is 9.19. The first-order valence-electron chi connectivity index (χ1n) is 7.87. The standard InChI is InChI=1S/C15H25NO2S/c17-15(12-1-2-12)10-16(11-15)13-3-6-18-14(9-13)4-7-19-8-5-14/h12-13,17H,1-11H2. The van der Waals surface area contributed by atoms with Crippen molar-refractivity contribution >= 4 is 11.8 Å². The zero-order chi connectivity index (χ0) is 12.9. The van der Waals surface area contributed by atoms with Gasteiger partial charge in [0.05, 0.1) is 11.2 Å². The lowest BCUT2D eigenvalue weighted by atomic mass is 9.80. The SMILES string of the molecule is OC1(C2CC2)CN(C2CCOC3(CCSCC3)C2)C1. The molecule has 0 bridgehead atoms. The Morgan fingerprint density at radius 3 is 2.53 bits per heavy atom. The molecule has 4 heteroatoms. The van der Waals surface area contributed by atoms with Gasteiger partial charge in [-0.3, -0.25) is 4.90 Å². The maximum atomic E-state index is 10.5. The number of thioether (sulfide) groups is 1. The number of hydrogen-bond donors (Lipinski definition) is 1. The summed E-state index contributed by atoms with van der Waals surface area (Å²) >= 11 is 2.07. The van der Waals surface area contributed by atoms with E-state index in [0.717, 1.165) is 26.1 Å². The van der Waals surface area contributed by atoms with Crippen LogP contribution in [-0.4, -0.2) is 58.5 Å². The summed E-state index contributed by atoms with van der Waals surface area (Å²) in [5, 5.41) is 10.5. The number of β-amino-alcohol motifs (C(OH)–C–C–N with tert-alkyl or cyclic N) is 1. The molecule has 19 heavy (non-hydrogen) atoms. The van der Waals surface area contributed by atoms with Crippen molar-refractivity contribution < 1.29 is 9.84 Å². The van der Waals surface area contributed by atoms with Crippen LogP contribution in [0.5, 0.6) is 0 Å². The summed E-state index contributed by atoms with van der Waals surface area (Å²) in [6.07, 6.45) is 7.33. The van der Waals surface area contributed by atoms with Gasteiger partial charge in [-0.1, -0.05) is 0 Å². The number of aliphatic hydroxyl groups is 1. The van der Waals surface area contributed by atoms with Crippen LogP contribution in [0.25, 0.3) is 0 Å². The molecule has 3 saturated heterocycles. The summed E-state index contributed by atoms with van der Waals surface area (Å²) < 4.78 is 6.16. The minimum atomic E-state index is -0.326. The monoisotopic (exact) mass is 283 g/mol. The molecule has 4 fully saturated rings. The lowest BCUT2D eigenvalue weighted by molar-refractivity contribution is -0.168. The van der Waals surface area contributed by atoms with Gasteiger partial charge in [-0.05, 0) is 55.9 Å². The topological polar surface area (TPSA) is 32.7 Å². The van der Waals surface area contributed by atoms with Gasteiger partial charge < -0.3 is 9.84 Å². The summed E-state index contributed by atoms with van der Waals surface area (Å²) in [4.78, 5) is 2.53. The molecule has 3 aliphatic heterocycles. The molecule has 0 radical (unpaired) electrons. The Morgan fingerprint density at radius 2 is 1.84 bits per heavy atom. The van der Waals surface area contributed by atoms with Crippen molar-refractivity contribution in [1.82, 2.24) is 4.90 Å². The van der Waals surface area contributed by atoms with E-state index in [1.807, 2.05) is 0 Å². The highest BCUT2D eigenvalue weighted by Gasteiger charge is 2.54. The maximum absolute atomic E-state index is 10.5. The van der Waals surface area contributed by atoms with Gasteiger partial charge in [0.15, 0.2) is 0 Å². The fraction of sp³-hybridized carbons (Fsp3) is 1.00. The van der Waals surface area contributed by atoms with Crippen LogP contribution in [0, 0.1) is 5.92 Å². The second-order valence-corrected chi connectivity index (χ2v) is 8.30. The smallest absolute Gasteiger partial charge is 0.0928 e. The lowest BCUT2D eigenvalue weighted by Crippen LogP contribution is -2.67. The molecule has 1 N–H and O–H groups in total. The van der Waals surface area contributed by atoms with Crippen LogP contribution in [-0.2, 0) is 4.74 Å². The van der Waals surface area contributed by atoms with E-state index in [2.05, 4.69) is 16.7 Å². The van der Waals surface area contributed by atoms with Gasteiger partial charge in [0.2, 0.25) is 0 Å². The second kappa shape index (κ2) is 4.62. The van der Waals surface area contributed by atoms with Crippen molar-refractivity contribution in [1.29, 1.82) is 0 Å². The van der Waals surface area contributed by atoms with E-state index in [1.165, 1.54) is 43.6 Å². The summed E-state index contributed by atoms with van der Waals surface area (Å²) in [6.45, 7) is 2.77. The average Bonchev–Trinajstić information content (AvgIpc) is 3.20. The van der Waals surface area contributed by atoms with Crippen molar-refractivity contribution in [2.45, 2.75) is 55.8 Å². The Bertz CT molecular complexity index is 341. The van der Waals surface area contributed by atoms with E-state index in [0.29, 0.717) is 12.0 Å². The van der Waals surface area contributed by atoms with E-state index < -0.39 is 0 Å². The average molecular weight is 283 g/mol. The fourth-order valence-corrected chi connectivity index (χ4v) is 5.44. The molecule has 4 aliphatic rings. The fourth-order valence-electron chi connectivity index (χ4n) is 4.20. The molecule has 108 valence electrons. The quantitative estimate of drug-likeness (QED) is 0.839. The van der Waals surface area contributed by atoms with Crippen molar-refractivity contribution in [2.75, 3.05) is 31.2 Å². The third-order valence-corrected chi connectivity index (χ3v) is 6.66. The molecule has 1 saturated carbocycles. The van der Waals surface area contributed by atoms with Crippen LogP contribution in [0.15, 0.2) is 0 Å². The van der Waals surface area contributed by atoms with E-state index in [9.17, 15) is 5.11 Å². The molecule has 4 rings (SSSR count). The highest BCUT2D eigenvalue weighted by Crippen LogP contribution is 2.47. The molecular weight excluding hydrogens is 258 g/mol. The molecule has 3 nitrogen and oxygen atoms in total. The first kappa shape index (κ1) is 12.9. The van der Waals surface area contributed by atoms with Gasteiger partial charge in [-0.25, -0.2) is 0 Å². The molecule has 0 aromatic carbocycles. The van der Waals surface area contributed by atoms with E-state index in [-0.39, 0.29) is 11.2 Å². The first-order valence-corrected chi connectivity index (χ1v) is 9.03. The van der Waals surface area contributed by atoms with Crippen LogP contribution in [0.2, 0.25) is 0 Å². The van der Waals surface area contributed by atoms with Gasteiger partial charge in [-0.2, -0.15) is 11.8 Å². The molecule has 3 heterocycles. The molecule has 1 aliphatic carbocycles. The summed E-state index contributed by atoms with van der Waals surface area (Å²) in [5.74, 6) is 3.14. The Kier molecular flexibility index (Phi) is 3.14. The van der Waals surface area contributed by atoms with Crippen LogP contribution >= 0.6 is 11.8 Å². The predicted molar refractivity (Wildman–Crippen MR) is 77.5 cm³/mol. The molecular formula is C15H25NO2S. The minimum Gasteiger partial charge on any atom is -0.387 e. The zero-order valence-corrected chi connectivity index (χ0v) is 12.5. The van der Waals surface area contributed by atoms with E-state index in [1.54, 1.807) is 0 Å². The van der Waals surface area contributed by atoms with Crippen LogP contribution in [0.3, 0.4) is 0 Å². The molecule has 0 aromatic heterocycles. The summed E-state index contributed by atoms with van der Waals surface area (Å²) in [7, 11) is 0. The molecule has 1 atom stereocenters. The molecule has 1 unspecified atom stereocenters. The van der Waals surface area contributed by atoms with Gasteiger partial charge in [0.1, 0.15) is 0 Å². The Balaban J connectivity index is 1.37. The summed E-state index contributed by atoms with van der Waals surface area (Å²) in [6, 6.07) is 0.663. The normalized spacial score (nSPS) is 38.1. The van der Waals surface area contributed by atoms with Crippen molar-refractivity contribution in [3.05, 3.63) is 0 Å². The largest absolute Gasteiger partial charge is 0.387 e. The van der Waals surface area contributed by atoms with Crippen LogP contribution < -0.4 is 0 Å². The Morgan fingerprint density at radius 1 is 1.11 bits per heavy atom. The maximum Gasteiger partial charge on any atom is 0.0928 e. The Hall–Kier alpha value is 0.230. The van der Waals surface area contributed by atoms with Crippen LogP contribution in [0.4, 0.5) is 0 Å². The predicted octanol–water partition coefficient (Wildman–Crippen LogP) is 1.89. The molecule has 0 amide bonds. The van der Waals surface area contributed by atoms with Crippen molar-refractivity contribution in [3.63, 3.8) is 0 Å². The van der Waals surface area contributed by atoms with Gasteiger partial charge in [0, 0.05) is 25.7 Å². The third kappa shape index (κ3) is 2.35. The summed E-state index contributed by atoms with van der Waals surface area (Å²) in [5.41, 5.74) is -0.144. The number of nitrogens with zero attached hydrogens (tertiary/aromatic N) is 1. The molecule has 0 aromatic rings. The zero-order valence-electron chi connectivity index (χ0n) is 11.6. The second-order valence-electron chi connectivity index (χ2n) is 7.07. The third-order valence-electron chi connectivity index (χ3n) is 5.68.